The van der Waals surface area contributed by atoms with Crippen LogP contribution in [0.15, 0.2) is 35.7 Å². The van der Waals surface area contributed by atoms with E-state index in [1.165, 1.54) is 9.78 Å². The van der Waals surface area contributed by atoms with Crippen LogP contribution in [0.4, 0.5) is 0 Å². The number of thiophene rings is 1. The van der Waals surface area contributed by atoms with Gasteiger partial charge in [0.25, 0.3) is 5.91 Å². The van der Waals surface area contributed by atoms with Crippen LogP contribution in [0, 0.1) is 0 Å². The van der Waals surface area contributed by atoms with Gasteiger partial charge in [0, 0.05) is 0 Å². The smallest absolute Gasteiger partial charge is 0.255 e. The van der Waals surface area contributed by atoms with Gasteiger partial charge in [-0.1, -0.05) is 12.1 Å². The highest BCUT2D eigenvalue weighted by atomic mass is 32.1. The fourth-order valence-corrected chi connectivity index (χ4v) is 4.64. The standard InChI is InChI=1S/C20H26N2O4S/c1-14(18(17-8-5-13-27-17)22-9-11-26-12-10-22)21-20(23)15-6-4-7-16(24-2)19(15)25-3/h4-8,13-14,18H,9-12H2,1-3H3,(H,21,23)/p+1/t14-,18+/m0/s1. The number of amides is 1. The number of methoxy groups -OCH3 is 2. The Hall–Kier alpha value is -2.09. The first-order valence-corrected chi connectivity index (χ1v) is 10.0. The topological polar surface area (TPSA) is 61.2 Å². The Balaban J connectivity index is 1.81. The number of benzene rings is 1. The maximum atomic E-state index is 13.0. The molecule has 1 saturated heterocycles. The Kier molecular flexibility index (Phi) is 6.71. The van der Waals surface area contributed by atoms with E-state index in [0.717, 1.165) is 26.3 Å². The molecule has 1 fully saturated rings. The number of hydrogen-bond donors (Lipinski definition) is 2. The number of para-hydroxylation sites is 1. The lowest BCUT2D eigenvalue weighted by Crippen LogP contribution is -3.15. The summed E-state index contributed by atoms with van der Waals surface area (Å²) in [6, 6.07) is 9.69. The zero-order chi connectivity index (χ0) is 19.2. The van der Waals surface area contributed by atoms with Gasteiger partial charge in [-0.05, 0) is 30.5 Å². The molecule has 146 valence electrons. The monoisotopic (exact) mass is 391 g/mol. The predicted octanol–water partition coefficient (Wildman–Crippen LogP) is 1.54. The van der Waals surface area contributed by atoms with E-state index in [9.17, 15) is 4.79 Å². The van der Waals surface area contributed by atoms with Gasteiger partial charge in [-0.2, -0.15) is 0 Å². The summed E-state index contributed by atoms with van der Waals surface area (Å²) >= 11 is 1.73. The summed E-state index contributed by atoms with van der Waals surface area (Å²) in [6.45, 7) is 5.44. The zero-order valence-corrected chi connectivity index (χ0v) is 16.8. The molecule has 2 N–H and O–H groups in total. The Morgan fingerprint density at radius 1 is 1.19 bits per heavy atom. The molecule has 1 aromatic carbocycles. The molecule has 2 atom stereocenters. The highest BCUT2D eigenvalue weighted by Crippen LogP contribution is 2.31. The van der Waals surface area contributed by atoms with Crippen LogP contribution in [0.5, 0.6) is 11.5 Å². The lowest BCUT2D eigenvalue weighted by atomic mass is 10.0. The molecule has 0 radical (unpaired) electrons. The quantitative estimate of drug-likeness (QED) is 0.752. The molecular formula is C20H27N2O4S+. The number of ether oxygens (including phenoxy) is 3. The van der Waals surface area contributed by atoms with Gasteiger partial charge in [0.05, 0.1) is 43.9 Å². The second kappa shape index (κ2) is 9.21. The van der Waals surface area contributed by atoms with Crippen LogP contribution in [-0.4, -0.2) is 52.5 Å². The van der Waals surface area contributed by atoms with Gasteiger partial charge < -0.3 is 24.4 Å². The van der Waals surface area contributed by atoms with E-state index in [1.807, 2.05) is 0 Å². The Bertz CT molecular complexity index is 744. The number of nitrogens with one attached hydrogen (secondary N) is 2. The van der Waals surface area contributed by atoms with E-state index in [4.69, 9.17) is 14.2 Å². The van der Waals surface area contributed by atoms with Gasteiger partial charge in [0.1, 0.15) is 19.1 Å². The molecule has 1 amide bonds. The molecule has 2 heterocycles. The molecule has 6 nitrogen and oxygen atoms in total. The summed E-state index contributed by atoms with van der Waals surface area (Å²) in [6.07, 6.45) is 0. The van der Waals surface area contributed by atoms with E-state index in [1.54, 1.807) is 43.8 Å². The van der Waals surface area contributed by atoms with E-state index in [2.05, 4.69) is 29.8 Å². The molecule has 1 aliphatic rings. The zero-order valence-electron chi connectivity index (χ0n) is 16.0. The highest BCUT2D eigenvalue weighted by molar-refractivity contribution is 7.10. The first-order chi connectivity index (χ1) is 13.2. The summed E-state index contributed by atoms with van der Waals surface area (Å²) in [7, 11) is 3.11. The predicted molar refractivity (Wildman–Crippen MR) is 105 cm³/mol. The van der Waals surface area contributed by atoms with Gasteiger partial charge in [-0.25, -0.2) is 0 Å². The van der Waals surface area contributed by atoms with E-state index >= 15 is 0 Å². The van der Waals surface area contributed by atoms with Gasteiger partial charge in [-0.3, -0.25) is 4.79 Å². The summed E-state index contributed by atoms with van der Waals surface area (Å²) in [5.74, 6) is 0.843. The van der Waals surface area contributed by atoms with Gasteiger partial charge in [0.2, 0.25) is 0 Å². The maximum Gasteiger partial charge on any atom is 0.255 e. The minimum atomic E-state index is -0.160. The van der Waals surface area contributed by atoms with Gasteiger partial charge in [-0.15, -0.1) is 11.3 Å². The molecular weight excluding hydrogens is 364 g/mol. The Morgan fingerprint density at radius 3 is 2.59 bits per heavy atom. The number of morpholine rings is 1. The molecule has 0 spiro atoms. The van der Waals surface area contributed by atoms with Crippen LogP contribution in [0.3, 0.4) is 0 Å². The number of rotatable bonds is 7. The van der Waals surface area contributed by atoms with Crippen molar-refractivity contribution >= 4 is 17.2 Å². The summed E-state index contributed by atoms with van der Waals surface area (Å²) in [5.41, 5.74) is 0.477. The van der Waals surface area contributed by atoms with Crippen LogP contribution in [-0.2, 0) is 4.74 Å². The number of carbonyl (C=O) groups excluding carboxylic acids is 1. The van der Waals surface area contributed by atoms with Crippen molar-refractivity contribution in [2.75, 3.05) is 40.5 Å². The van der Waals surface area contributed by atoms with E-state index < -0.39 is 0 Å². The normalized spacial score (nSPS) is 17.1. The first kappa shape index (κ1) is 19.7. The number of quaternary nitrogens is 1. The molecule has 1 aromatic heterocycles. The lowest BCUT2D eigenvalue weighted by Gasteiger charge is -2.34. The van der Waals surface area contributed by atoms with Crippen LogP contribution in [0.1, 0.15) is 28.2 Å². The molecule has 27 heavy (non-hydrogen) atoms. The minimum Gasteiger partial charge on any atom is -0.493 e. The molecule has 0 aliphatic carbocycles. The van der Waals surface area contributed by atoms with Gasteiger partial charge in [0.15, 0.2) is 11.5 Å². The number of hydrogen-bond acceptors (Lipinski definition) is 5. The molecule has 0 bridgehead atoms. The lowest BCUT2D eigenvalue weighted by molar-refractivity contribution is -0.939. The molecule has 0 unspecified atom stereocenters. The molecule has 3 rings (SSSR count). The second-order valence-corrected chi connectivity index (χ2v) is 7.55. The first-order valence-electron chi connectivity index (χ1n) is 9.13. The minimum absolute atomic E-state index is 0.0415. The average Bonchev–Trinajstić information content (AvgIpc) is 3.22. The van der Waals surface area contributed by atoms with Crippen LogP contribution < -0.4 is 19.7 Å². The van der Waals surface area contributed by atoms with Gasteiger partial charge >= 0.3 is 0 Å². The van der Waals surface area contributed by atoms with Crippen molar-refractivity contribution in [3.63, 3.8) is 0 Å². The van der Waals surface area contributed by atoms with Crippen molar-refractivity contribution in [2.24, 2.45) is 0 Å². The third-order valence-corrected chi connectivity index (χ3v) is 5.89. The van der Waals surface area contributed by atoms with Crippen LogP contribution in [0.2, 0.25) is 0 Å². The van der Waals surface area contributed by atoms with Crippen molar-refractivity contribution in [3.05, 3.63) is 46.2 Å². The molecule has 7 heteroatoms. The van der Waals surface area contributed by atoms with Crippen molar-refractivity contribution in [1.82, 2.24) is 5.32 Å². The molecule has 2 aromatic rings. The Labute approximate surface area is 164 Å². The van der Waals surface area contributed by atoms with Crippen molar-refractivity contribution in [3.8, 4) is 11.5 Å². The second-order valence-electron chi connectivity index (χ2n) is 6.57. The fourth-order valence-electron chi connectivity index (χ4n) is 3.65. The summed E-state index contributed by atoms with van der Waals surface area (Å²) < 4.78 is 16.2. The summed E-state index contributed by atoms with van der Waals surface area (Å²) in [4.78, 5) is 15.7. The van der Waals surface area contributed by atoms with Crippen LogP contribution >= 0.6 is 11.3 Å². The largest absolute Gasteiger partial charge is 0.493 e. The molecule has 1 aliphatic heterocycles. The van der Waals surface area contributed by atoms with E-state index in [0.29, 0.717) is 17.1 Å². The maximum absolute atomic E-state index is 13.0. The SMILES string of the molecule is COc1cccc(C(=O)N[C@@H](C)[C@H](c2cccs2)[NH+]2CCOCC2)c1OC. The third-order valence-electron chi connectivity index (χ3n) is 4.93. The summed E-state index contributed by atoms with van der Waals surface area (Å²) in [5, 5.41) is 5.26. The van der Waals surface area contributed by atoms with Crippen LogP contribution in [0.25, 0.3) is 0 Å². The highest BCUT2D eigenvalue weighted by Gasteiger charge is 2.33. The van der Waals surface area contributed by atoms with Crippen molar-refractivity contribution in [2.45, 2.75) is 19.0 Å². The number of carbonyl (C=O) groups is 1. The average molecular weight is 392 g/mol. The van der Waals surface area contributed by atoms with Crippen molar-refractivity contribution in [1.29, 1.82) is 0 Å². The molecule has 0 saturated carbocycles. The third kappa shape index (κ3) is 4.43. The Morgan fingerprint density at radius 2 is 1.96 bits per heavy atom. The van der Waals surface area contributed by atoms with Crippen molar-refractivity contribution < 1.29 is 23.9 Å². The van der Waals surface area contributed by atoms with E-state index in [-0.39, 0.29) is 18.0 Å². The fraction of sp³-hybridized carbons (Fsp3) is 0.450.